The summed E-state index contributed by atoms with van der Waals surface area (Å²) in [5, 5.41) is 12.3. The molecular formula is C23H30N2O6. The molecule has 1 spiro atoms. The van der Waals surface area contributed by atoms with Crippen LogP contribution in [0.25, 0.3) is 0 Å². The number of nitrogens with one attached hydrogen (secondary N) is 1. The fourth-order valence-corrected chi connectivity index (χ4v) is 5.51. The van der Waals surface area contributed by atoms with Crippen molar-refractivity contribution in [1.29, 1.82) is 0 Å². The molecule has 2 amide bonds. The van der Waals surface area contributed by atoms with Crippen LogP contribution in [0.1, 0.15) is 37.3 Å². The van der Waals surface area contributed by atoms with E-state index in [-0.39, 0.29) is 31.6 Å². The van der Waals surface area contributed by atoms with Crippen molar-refractivity contribution in [3.05, 3.63) is 29.3 Å². The van der Waals surface area contributed by atoms with Crippen molar-refractivity contribution in [3.63, 3.8) is 0 Å². The van der Waals surface area contributed by atoms with E-state index in [1.807, 2.05) is 32.0 Å². The van der Waals surface area contributed by atoms with Crippen LogP contribution in [0.3, 0.4) is 0 Å². The number of amides is 2. The molecule has 3 aliphatic rings. The van der Waals surface area contributed by atoms with E-state index in [4.69, 9.17) is 9.47 Å². The van der Waals surface area contributed by atoms with E-state index < -0.39 is 35.6 Å². The number of carbonyl (C=O) groups is 3. The number of ether oxygens (including phenoxy) is 2. The Hall–Kier alpha value is -2.45. The highest BCUT2D eigenvalue weighted by atomic mass is 16.6. The first-order valence-electron chi connectivity index (χ1n) is 11.0. The van der Waals surface area contributed by atoms with Gasteiger partial charge < -0.3 is 24.8 Å². The quantitative estimate of drug-likeness (QED) is 0.636. The molecule has 3 saturated heterocycles. The van der Waals surface area contributed by atoms with Crippen molar-refractivity contribution in [3.8, 4) is 0 Å². The summed E-state index contributed by atoms with van der Waals surface area (Å²) < 4.78 is 11.5. The lowest BCUT2D eigenvalue weighted by Gasteiger charge is -2.33. The summed E-state index contributed by atoms with van der Waals surface area (Å²) >= 11 is 0. The van der Waals surface area contributed by atoms with Gasteiger partial charge in [-0.2, -0.15) is 0 Å². The number of anilines is 1. The van der Waals surface area contributed by atoms with Gasteiger partial charge in [-0.25, -0.2) is 0 Å². The smallest absolute Gasteiger partial charge is 0.312 e. The highest BCUT2D eigenvalue weighted by molar-refractivity contribution is 6.03. The van der Waals surface area contributed by atoms with Crippen LogP contribution in [0.15, 0.2) is 18.2 Å². The van der Waals surface area contributed by atoms with Crippen molar-refractivity contribution < 1.29 is 29.0 Å². The number of hydrogen-bond acceptors (Lipinski definition) is 6. The van der Waals surface area contributed by atoms with Crippen molar-refractivity contribution in [2.75, 3.05) is 25.1 Å². The van der Waals surface area contributed by atoms with Crippen LogP contribution < -0.4 is 5.32 Å². The molecule has 1 aromatic carbocycles. The van der Waals surface area contributed by atoms with Gasteiger partial charge in [0, 0.05) is 18.8 Å². The maximum atomic E-state index is 13.6. The Labute approximate surface area is 181 Å². The van der Waals surface area contributed by atoms with Gasteiger partial charge in [0.1, 0.15) is 11.6 Å². The molecule has 3 heterocycles. The predicted octanol–water partition coefficient (Wildman–Crippen LogP) is 1.56. The highest BCUT2D eigenvalue weighted by Crippen LogP contribution is 2.58. The number of fused-ring (bicyclic) bond motifs is 1. The Morgan fingerprint density at radius 1 is 1.35 bits per heavy atom. The van der Waals surface area contributed by atoms with Crippen LogP contribution >= 0.6 is 0 Å². The summed E-state index contributed by atoms with van der Waals surface area (Å²) in [4.78, 5) is 41.2. The van der Waals surface area contributed by atoms with Gasteiger partial charge in [0.05, 0.1) is 24.5 Å². The number of aliphatic hydroxyl groups excluding tert-OH is 1. The molecule has 3 aliphatic heterocycles. The van der Waals surface area contributed by atoms with E-state index in [1.54, 1.807) is 6.92 Å². The molecule has 4 rings (SSSR count). The molecule has 0 aromatic heterocycles. The number of rotatable bonds is 7. The summed E-state index contributed by atoms with van der Waals surface area (Å²) in [5.74, 6) is -2.47. The molecule has 0 unspecified atom stereocenters. The van der Waals surface area contributed by atoms with E-state index in [9.17, 15) is 19.5 Å². The van der Waals surface area contributed by atoms with Gasteiger partial charge in [0.2, 0.25) is 11.8 Å². The highest BCUT2D eigenvalue weighted by Gasteiger charge is 2.74. The molecule has 31 heavy (non-hydrogen) atoms. The third-order valence-corrected chi connectivity index (χ3v) is 6.82. The van der Waals surface area contributed by atoms with Gasteiger partial charge in [0.15, 0.2) is 0 Å². The average Bonchev–Trinajstić information content (AvgIpc) is 3.36. The van der Waals surface area contributed by atoms with Crippen LogP contribution in [0, 0.1) is 25.7 Å². The summed E-state index contributed by atoms with van der Waals surface area (Å²) in [6.45, 7) is 5.93. The van der Waals surface area contributed by atoms with Gasteiger partial charge in [-0.3, -0.25) is 14.4 Å². The maximum Gasteiger partial charge on any atom is 0.312 e. The minimum absolute atomic E-state index is 0.0996. The number of benzene rings is 1. The van der Waals surface area contributed by atoms with Gasteiger partial charge in [-0.1, -0.05) is 12.1 Å². The second kappa shape index (κ2) is 8.24. The number of carbonyl (C=O) groups excluding carboxylic acids is 3. The predicted molar refractivity (Wildman–Crippen MR) is 112 cm³/mol. The van der Waals surface area contributed by atoms with Gasteiger partial charge in [0.25, 0.3) is 0 Å². The molecule has 2 bridgehead atoms. The Morgan fingerprint density at radius 2 is 2.13 bits per heavy atom. The minimum atomic E-state index is -1.05. The van der Waals surface area contributed by atoms with E-state index in [2.05, 4.69) is 5.32 Å². The van der Waals surface area contributed by atoms with Crippen LogP contribution in [-0.4, -0.2) is 65.3 Å². The molecule has 168 valence electrons. The van der Waals surface area contributed by atoms with Crippen molar-refractivity contribution >= 4 is 23.5 Å². The number of aliphatic hydroxyl groups is 1. The van der Waals surface area contributed by atoms with E-state index in [1.165, 1.54) is 4.90 Å². The summed E-state index contributed by atoms with van der Waals surface area (Å²) in [6, 6.07) is 4.94. The number of nitrogens with zero attached hydrogens (tertiary/aromatic N) is 1. The molecule has 2 N–H and O–H groups in total. The second-order valence-electron chi connectivity index (χ2n) is 8.72. The fourth-order valence-electron chi connectivity index (χ4n) is 5.51. The first-order chi connectivity index (χ1) is 14.8. The second-order valence-corrected chi connectivity index (χ2v) is 8.72. The van der Waals surface area contributed by atoms with Crippen LogP contribution in [0.5, 0.6) is 0 Å². The van der Waals surface area contributed by atoms with Crippen molar-refractivity contribution in [2.45, 2.75) is 57.8 Å². The molecule has 5 atom stereocenters. The van der Waals surface area contributed by atoms with Gasteiger partial charge >= 0.3 is 5.97 Å². The number of likely N-dealkylation sites (tertiary alicyclic amines) is 1. The average molecular weight is 431 g/mol. The maximum absolute atomic E-state index is 13.6. The zero-order chi connectivity index (χ0) is 22.3. The zero-order valence-electron chi connectivity index (χ0n) is 18.2. The Balaban J connectivity index is 1.69. The Bertz CT molecular complexity index is 902. The zero-order valence-corrected chi connectivity index (χ0v) is 18.2. The first-order valence-corrected chi connectivity index (χ1v) is 11.0. The van der Waals surface area contributed by atoms with Crippen LogP contribution in [0.2, 0.25) is 0 Å². The number of aryl methyl sites for hydroxylation is 2. The van der Waals surface area contributed by atoms with Crippen LogP contribution in [-0.2, 0) is 23.9 Å². The van der Waals surface area contributed by atoms with E-state index in [0.29, 0.717) is 24.9 Å². The standard InChI is InChI=1S/C23H30N2O6/c1-4-30-22(29)17-16-8-9-23(31-16)18(17)21(28)25(10-5-11-26)19(23)20(27)24-15-12-13(2)6-7-14(15)3/h6-7,12,16-19,26H,4-5,8-11H2,1-3H3,(H,24,27)/t16-,17+,18+,19-,23+/m0/s1. The molecule has 0 radical (unpaired) electrons. The lowest BCUT2D eigenvalue weighted by molar-refractivity contribution is -0.154. The number of hydrogen-bond donors (Lipinski definition) is 2. The minimum Gasteiger partial charge on any atom is -0.466 e. The molecule has 0 saturated carbocycles. The largest absolute Gasteiger partial charge is 0.466 e. The Morgan fingerprint density at radius 3 is 2.84 bits per heavy atom. The lowest BCUT2D eigenvalue weighted by atomic mass is 9.70. The normalized spacial score (nSPS) is 31.1. The van der Waals surface area contributed by atoms with Crippen molar-refractivity contribution in [1.82, 2.24) is 4.90 Å². The molecule has 3 fully saturated rings. The monoisotopic (exact) mass is 430 g/mol. The van der Waals surface area contributed by atoms with Gasteiger partial charge in [-0.15, -0.1) is 0 Å². The first kappa shape index (κ1) is 21.8. The molecule has 0 aliphatic carbocycles. The summed E-state index contributed by atoms with van der Waals surface area (Å²) in [7, 11) is 0. The van der Waals surface area contributed by atoms with E-state index in [0.717, 1.165) is 11.1 Å². The molecular weight excluding hydrogens is 400 g/mol. The summed E-state index contributed by atoms with van der Waals surface area (Å²) in [5.41, 5.74) is 1.57. The molecule has 8 nitrogen and oxygen atoms in total. The summed E-state index contributed by atoms with van der Waals surface area (Å²) in [6.07, 6.45) is 1.07. The third kappa shape index (κ3) is 3.42. The number of esters is 1. The van der Waals surface area contributed by atoms with Gasteiger partial charge in [-0.05, 0) is 57.2 Å². The topological polar surface area (TPSA) is 105 Å². The van der Waals surface area contributed by atoms with Crippen LogP contribution in [0.4, 0.5) is 5.69 Å². The molecule has 8 heteroatoms. The van der Waals surface area contributed by atoms with Crippen molar-refractivity contribution in [2.24, 2.45) is 11.8 Å². The SMILES string of the molecule is CCOC(=O)[C@@H]1[C@@H]2CC[C@]3(O2)[C@H](C(=O)Nc2cc(C)ccc2C)N(CCCO)C(=O)[C@@H]13. The third-order valence-electron chi connectivity index (χ3n) is 6.82. The van der Waals surface area contributed by atoms with E-state index >= 15 is 0 Å². The lowest BCUT2D eigenvalue weighted by Crippen LogP contribution is -2.53. The molecule has 1 aromatic rings. The Kier molecular flexibility index (Phi) is 5.79. The fraction of sp³-hybridized carbons (Fsp3) is 0.609.